The molecule has 138 valence electrons. The van der Waals surface area contributed by atoms with Crippen LogP contribution in [0.1, 0.15) is 72.1 Å². The molecule has 5 saturated carbocycles. The summed E-state index contributed by atoms with van der Waals surface area (Å²) in [6.07, 6.45) is 7.47. The van der Waals surface area contributed by atoms with Gasteiger partial charge in [-0.1, -0.05) is 20.3 Å². The summed E-state index contributed by atoms with van der Waals surface area (Å²) in [4.78, 5) is 36.2. The Bertz CT molecular complexity index is 620. The highest BCUT2D eigenvalue weighted by Gasteiger charge is 2.66. The predicted molar refractivity (Wildman–Crippen MR) is 92.7 cm³/mol. The smallest absolute Gasteiger partial charge is 0.302 e. The van der Waals surface area contributed by atoms with Gasteiger partial charge in [-0.3, -0.25) is 14.4 Å². The minimum absolute atomic E-state index is 0.0188. The molecule has 0 aromatic carbocycles. The van der Waals surface area contributed by atoms with Gasteiger partial charge in [-0.2, -0.15) is 0 Å². The molecule has 5 aliphatic rings. The summed E-state index contributed by atoms with van der Waals surface area (Å²) in [5, 5.41) is 0. The Balaban J connectivity index is 1.67. The van der Waals surface area contributed by atoms with Gasteiger partial charge in [-0.15, -0.1) is 0 Å². The van der Waals surface area contributed by atoms with Crippen LogP contribution in [0.2, 0.25) is 0 Å². The minimum atomic E-state index is -0.330. The SMILES string of the molecule is CC(=O)OCC1(C)CCCC2(C)C3CC4C(=O)CC3(CC[C@H]12)CC4=O. The van der Waals surface area contributed by atoms with Gasteiger partial charge < -0.3 is 4.74 Å². The van der Waals surface area contributed by atoms with Gasteiger partial charge in [0, 0.05) is 25.2 Å². The van der Waals surface area contributed by atoms with Crippen molar-refractivity contribution in [3.8, 4) is 0 Å². The zero-order valence-electron chi connectivity index (χ0n) is 15.7. The van der Waals surface area contributed by atoms with Gasteiger partial charge in [0.05, 0.1) is 12.5 Å². The van der Waals surface area contributed by atoms with E-state index in [0.29, 0.717) is 31.3 Å². The van der Waals surface area contributed by atoms with Gasteiger partial charge >= 0.3 is 5.97 Å². The maximum atomic E-state index is 12.4. The first-order valence-corrected chi connectivity index (χ1v) is 9.89. The van der Waals surface area contributed by atoms with Gasteiger partial charge in [0.1, 0.15) is 11.6 Å². The third-order valence-electron chi connectivity index (χ3n) is 8.47. The number of esters is 1. The van der Waals surface area contributed by atoms with Crippen LogP contribution in [0.25, 0.3) is 0 Å². The lowest BCUT2D eigenvalue weighted by molar-refractivity contribution is -0.195. The summed E-state index contributed by atoms with van der Waals surface area (Å²) in [6.45, 7) is 6.68. The standard InChI is InChI=1S/C21H30O4/c1-13(22)25-12-19(2)6-4-7-20(3)17(19)5-8-21-10-15(23)14(9-18(20)21)16(24)11-21/h14,17-18H,4-12H2,1-3H3/t14?,17-,18?,19?,20?,21?/m1/s1. The van der Waals surface area contributed by atoms with Crippen LogP contribution in [0.5, 0.6) is 0 Å². The fourth-order valence-corrected chi connectivity index (χ4v) is 7.48. The first-order valence-electron chi connectivity index (χ1n) is 9.89. The summed E-state index contributed by atoms with van der Waals surface area (Å²) < 4.78 is 5.46. The van der Waals surface area contributed by atoms with Crippen molar-refractivity contribution in [1.82, 2.24) is 0 Å². The van der Waals surface area contributed by atoms with Crippen molar-refractivity contribution in [2.24, 2.45) is 34.0 Å². The van der Waals surface area contributed by atoms with Crippen LogP contribution in [0.4, 0.5) is 0 Å². The lowest BCUT2D eigenvalue weighted by Gasteiger charge is -2.66. The second-order valence-corrected chi connectivity index (χ2v) is 9.87. The van der Waals surface area contributed by atoms with E-state index < -0.39 is 0 Å². The number of fused-ring (bicyclic) bond motifs is 3. The molecule has 0 heterocycles. The molecule has 3 unspecified atom stereocenters. The van der Waals surface area contributed by atoms with Crippen molar-refractivity contribution in [2.75, 3.05) is 6.61 Å². The van der Waals surface area contributed by atoms with Gasteiger partial charge in [0.2, 0.25) is 0 Å². The van der Waals surface area contributed by atoms with E-state index in [1.807, 2.05) is 0 Å². The number of rotatable bonds is 2. The van der Waals surface area contributed by atoms with Crippen molar-refractivity contribution >= 4 is 17.5 Å². The molecule has 0 aromatic heterocycles. The molecule has 5 aliphatic carbocycles. The van der Waals surface area contributed by atoms with E-state index in [4.69, 9.17) is 4.74 Å². The summed E-state index contributed by atoms with van der Waals surface area (Å²) in [5.74, 6) is 0.850. The van der Waals surface area contributed by atoms with Crippen LogP contribution >= 0.6 is 0 Å². The molecular weight excluding hydrogens is 316 g/mol. The highest BCUT2D eigenvalue weighted by molar-refractivity contribution is 6.06. The molecule has 4 nitrogen and oxygen atoms in total. The monoisotopic (exact) mass is 346 g/mol. The first kappa shape index (κ1) is 17.2. The fourth-order valence-electron chi connectivity index (χ4n) is 7.48. The second-order valence-electron chi connectivity index (χ2n) is 9.87. The molecule has 0 saturated heterocycles. The maximum absolute atomic E-state index is 12.4. The molecule has 5 rings (SSSR count). The molecule has 1 spiro atoms. The van der Waals surface area contributed by atoms with Gasteiger partial charge in [-0.25, -0.2) is 0 Å². The fraction of sp³-hybridized carbons (Fsp3) is 0.857. The quantitative estimate of drug-likeness (QED) is 0.565. The Morgan fingerprint density at radius 2 is 1.76 bits per heavy atom. The van der Waals surface area contributed by atoms with Crippen LogP contribution in [0, 0.1) is 34.0 Å². The third-order valence-corrected chi connectivity index (χ3v) is 8.47. The van der Waals surface area contributed by atoms with Crippen molar-refractivity contribution < 1.29 is 19.1 Å². The van der Waals surface area contributed by atoms with Crippen LogP contribution in [0.15, 0.2) is 0 Å². The van der Waals surface area contributed by atoms with E-state index in [2.05, 4.69) is 13.8 Å². The van der Waals surface area contributed by atoms with Gasteiger partial charge in [-0.05, 0) is 54.8 Å². The molecule has 0 radical (unpaired) electrons. The number of ether oxygens (including phenoxy) is 1. The number of Topliss-reactive ketones (excluding diaryl/α,β-unsaturated/α-hetero) is 2. The highest BCUT2D eigenvalue weighted by atomic mass is 16.5. The van der Waals surface area contributed by atoms with E-state index in [-0.39, 0.29) is 39.7 Å². The van der Waals surface area contributed by atoms with E-state index in [9.17, 15) is 14.4 Å². The molecule has 4 heteroatoms. The molecular formula is C21H30O4. The second kappa shape index (κ2) is 5.40. The Morgan fingerprint density at radius 3 is 2.40 bits per heavy atom. The Labute approximate surface area is 150 Å². The first-order chi connectivity index (χ1) is 11.7. The average molecular weight is 346 g/mol. The van der Waals surface area contributed by atoms with E-state index in [1.165, 1.54) is 13.3 Å². The van der Waals surface area contributed by atoms with Crippen molar-refractivity contribution in [3.63, 3.8) is 0 Å². The minimum Gasteiger partial charge on any atom is -0.465 e. The van der Waals surface area contributed by atoms with Crippen molar-refractivity contribution in [1.29, 1.82) is 0 Å². The molecule has 0 amide bonds. The normalized spacial score (nSPS) is 48.7. The Morgan fingerprint density at radius 1 is 1.08 bits per heavy atom. The Hall–Kier alpha value is -1.19. The average Bonchev–Trinajstić information content (AvgIpc) is 2.52. The molecule has 4 atom stereocenters. The zero-order valence-corrected chi connectivity index (χ0v) is 15.7. The lowest BCUT2D eigenvalue weighted by atomic mass is 9.37. The molecule has 25 heavy (non-hydrogen) atoms. The van der Waals surface area contributed by atoms with Crippen LogP contribution in [-0.4, -0.2) is 24.1 Å². The number of carbonyl (C=O) groups excluding carboxylic acids is 3. The van der Waals surface area contributed by atoms with Crippen LogP contribution < -0.4 is 0 Å². The number of ketones is 2. The third kappa shape index (κ3) is 2.35. The van der Waals surface area contributed by atoms with E-state index in [1.54, 1.807) is 0 Å². The summed E-state index contributed by atoms with van der Waals surface area (Å²) in [6, 6.07) is 0. The molecule has 0 aliphatic heterocycles. The number of carbonyl (C=O) groups is 3. The van der Waals surface area contributed by atoms with Crippen molar-refractivity contribution in [2.45, 2.75) is 72.1 Å². The molecule has 5 fully saturated rings. The number of hydrogen-bond acceptors (Lipinski definition) is 4. The molecule has 0 aromatic rings. The highest BCUT2D eigenvalue weighted by Crippen LogP contribution is 2.70. The molecule has 0 N–H and O–H groups in total. The van der Waals surface area contributed by atoms with Gasteiger partial charge in [0.15, 0.2) is 0 Å². The Kier molecular flexibility index (Phi) is 3.73. The summed E-state index contributed by atoms with van der Waals surface area (Å²) in [5.41, 5.74) is 0.101. The van der Waals surface area contributed by atoms with Gasteiger partial charge in [0.25, 0.3) is 0 Å². The number of hydrogen-bond donors (Lipinski definition) is 0. The lowest BCUT2D eigenvalue weighted by Crippen LogP contribution is -2.63. The zero-order chi connectivity index (χ0) is 18.0. The van der Waals surface area contributed by atoms with Crippen molar-refractivity contribution in [3.05, 3.63) is 0 Å². The van der Waals surface area contributed by atoms with Crippen LogP contribution in [0.3, 0.4) is 0 Å². The van der Waals surface area contributed by atoms with E-state index in [0.717, 1.165) is 32.1 Å². The van der Waals surface area contributed by atoms with E-state index >= 15 is 0 Å². The predicted octanol–water partition coefficient (Wildman–Crippen LogP) is 3.71. The molecule has 2 bridgehead atoms. The van der Waals surface area contributed by atoms with Crippen LogP contribution in [-0.2, 0) is 19.1 Å². The largest absolute Gasteiger partial charge is 0.465 e. The summed E-state index contributed by atoms with van der Waals surface area (Å²) >= 11 is 0. The summed E-state index contributed by atoms with van der Waals surface area (Å²) in [7, 11) is 0. The topological polar surface area (TPSA) is 60.4 Å². The maximum Gasteiger partial charge on any atom is 0.302 e.